The van der Waals surface area contributed by atoms with Crippen LogP contribution in [0.3, 0.4) is 0 Å². The molecule has 10 heteroatoms. The van der Waals surface area contributed by atoms with E-state index in [1.54, 1.807) is 0 Å². The number of aromatic nitrogens is 2. The van der Waals surface area contributed by atoms with Gasteiger partial charge in [-0.2, -0.15) is 0 Å². The van der Waals surface area contributed by atoms with Gasteiger partial charge in [0.15, 0.2) is 16.7 Å². The second-order valence-corrected chi connectivity index (χ2v) is 6.19. The lowest BCUT2D eigenvalue weighted by Crippen LogP contribution is -2.28. The molecule has 1 saturated heterocycles. The van der Waals surface area contributed by atoms with Gasteiger partial charge in [0.2, 0.25) is 0 Å². The fourth-order valence-electron chi connectivity index (χ4n) is 2.25. The van der Waals surface area contributed by atoms with Gasteiger partial charge in [-0.15, -0.1) is 0 Å². The number of aliphatic carboxylic acids is 1. The molecule has 2 amide bonds. The molecule has 0 unspecified atom stereocenters. The number of H-pyrrole nitrogens is 1. The first-order chi connectivity index (χ1) is 12.5. The molecular formula is C16H13N5O4S. The number of benzene rings is 1. The fourth-order valence-corrected chi connectivity index (χ4v) is 3.20. The molecule has 1 fully saturated rings. The minimum absolute atomic E-state index is 0.000810. The minimum Gasteiger partial charge on any atom is -0.478 e. The van der Waals surface area contributed by atoms with Crippen molar-refractivity contribution >= 4 is 40.5 Å². The van der Waals surface area contributed by atoms with Crippen LogP contribution in [0.15, 0.2) is 52.6 Å². The second-order valence-electron chi connectivity index (χ2n) is 5.19. The van der Waals surface area contributed by atoms with Gasteiger partial charge >= 0.3 is 5.97 Å². The Morgan fingerprint density at radius 3 is 2.73 bits per heavy atom. The summed E-state index contributed by atoms with van der Waals surface area (Å²) in [7, 11) is 0. The molecule has 1 aromatic heterocycles. The van der Waals surface area contributed by atoms with Crippen LogP contribution in [0, 0.1) is 0 Å². The van der Waals surface area contributed by atoms with Crippen molar-refractivity contribution in [2.75, 3.05) is 0 Å². The lowest BCUT2D eigenvalue weighted by Gasteiger charge is -2.15. The van der Waals surface area contributed by atoms with E-state index >= 15 is 0 Å². The number of primary amides is 1. The Morgan fingerprint density at radius 2 is 2.08 bits per heavy atom. The highest BCUT2D eigenvalue weighted by Crippen LogP contribution is 2.33. The summed E-state index contributed by atoms with van der Waals surface area (Å²) in [6.07, 6.45) is 2.09. The van der Waals surface area contributed by atoms with E-state index in [0.29, 0.717) is 0 Å². The van der Waals surface area contributed by atoms with Crippen molar-refractivity contribution < 1.29 is 19.5 Å². The van der Waals surface area contributed by atoms with Crippen molar-refractivity contribution in [1.29, 1.82) is 0 Å². The van der Waals surface area contributed by atoms with Crippen LogP contribution < -0.4 is 5.73 Å². The Hall–Kier alpha value is -3.40. The summed E-state index contributed by atoms with van der Waals surface area (Å²) in [6.45, 7) is 0.193. The standard InChI is InChI=1S/C16H13N5O4S/c17-13(24)12-14(19-8-18-12)20-16-21(7-9-4-2-1-3-5-9)15(25)10(26-16)6-11(22)23/h1-6,8H,7H2,(H2,17,24)(H,18,19)(H,22,23). The van der Waals surface area contributed by atoms with E-state index in [-0.39, 0.29) is 28.1 Å². The number of imidazole rings is 1. The highest BCUT2D eigenvalue weighted by atomic mass is 32.2. The zero-order valence-corrected chi connectivity index (χ0v) is 14.1. The van der Waals surface area contributed by atoms with Crippen molar-refractivity contribution in [3.8, 4) is 0 Å². The summed E-state index contributed by atoms with van der Waals surface area (Å²) in [6, 6.07) is 9.16. The smallest absolute Gasteiger partial charge is 0.329 e. The van der Waals surface area contributed by atoms with Crippen molar-refractivity contribution in [2.45, 2.75) is 6.54 Å². The highest BCUT2D eigenvalue weighted by Gasteiger charge is 2.34. The molecule has 2 aromatic rings. The van der Waals surface area contributed by atoms with E-state index in [1.165, 1.54) is 11.2 Å². The van der Waals surface area contributed by atoms with E-state index in [0.717, 1.165) is 23.4 Å². The molecule has 0 radical (unpaired) electrons. The molecule has 4 N–H and O–H groups in total. The monoisotopic (exact) mass is 371 g/mol. The summed E-state index contributed by atoms with van der Waals surface area (Å²) >= 11 is 0.894. The first-order valence-corrected chi connectivity index (χ1v) is 8.17. The number of rotatable bonds is 5. The quantitative estimate of drug-likeness (QED) is 0.675. The first-order valence-electron chi connectivity index (χ1n) is 7.36. The van der Waals surface area contributed by atoms with Gasteiger partial charge in [-0.1, -0.05) is 30.3 Å². The van der Waals surface area contributed by atoms with Crippen LogP contribution in [0.2, 0.25) is 0 Å². The number of aliphatic imine (C=N–C) groups is 1. The fraction of sp³-hybridized carbons (Fsp3) is 0.0625. The molecule has 2 heterocycles. The lowest BCUT2D eigenvalue weighted by atomic mass is 10.2. The van der Waals surface area contributed by atoms with Gasteiger partial charge in [0.25, 0.3) is 11.8 Å². The third-order valence-electron chi connectivity index (χ3n) is 3.39. The lowest BCUT2D eigenvalue weighted by molar-refractivity contribution is -0.132. The van der Waals surface area contributed by atoms with Crippen LogP contribution in [0.5, 0.6) is 0 Å². The number of amidine groups is 1. The topological polar surface area (TPSA) is 142 Å². The molecule has 0 saturated carbocycles. The molecule has 132 valence electrons. The maximum atomic E-state index is 12.6. The number of carbonyl (C=O) groups is 3. The summed E-state index contributed by atoms with van der Waals surface area (Å²) < 4.78 is 0. The van der Waals surface area contributed by atoms with E-state index in [1.807, 2.05) is 30.3 Å². The van der Waals surface area contributed by atoms with Gasteiger partial charge in [0.1, 0.15) is 0 Å². The first kappa shape index (κ1) is 17.4. The Kier molecular flexibility index (Phi) is 4.85. The largest absolute Gasteiger partial charge is 0.478 e. The maximum absolute atomic E-state index is 12.6. The predicted octanol–water partition coefficient (Wildman–Crippen LogP) is 1.24. The van der Waals surface area contributed by atoms with Crippen molar-refractivity contribution in [3.63, 3.8) is 0 Å². The Morgan fingerprint density at radius 1 is 1.35 bits per heavy atom. The Bertz CT molecular complexity index is 935. The van der Waals surface area contributed by atoms with Crippen molar-refractivity contribution in [2.24, 2.45) is 10.7 Å². The van der Waals surface area contributed by atoms with Crippen LogP contribution >= 0.6 is 11.8 Å². The van der Waals surface area contributed by atoms with Crippen LogP contribution in [0.1, 0.15) is 16.1 Å². The second kappa shape index (κ2) is 7.23. The van der Waals surface area contributed by atoms with Gasteiger partial charge in [-0.25, -0.2) is 14.8 Å². The van der Waals surface area contributed by atoms with Crippen LogP contribution in [0.25, 0.3) is 0 Å². The van der Waals surface area contributed by atoms with E-state index in [4.69, 9.17) is 10.8 Å². The number of carboxylic acid groups (broad SMARTS) is 1. The normalized spacial score (nSPS) is 17.2. The third-order valence-corrected chi connectivity index (χ3v) is 4.40. The van der Waals surface area contributed by atoms with Crippen molar-refractivity contribution in [1.82, 2.24) is 14.9 Å². The number of aromatic amines is 1. The number of thioether (sulfide) groups is 1. The van der Waals surface area contributed by atoms with Crippen LogP contribution in [-0.4, -0.2) is 42.9 Å². The summed E-state index contributed by atoms with van der Waals surface area (Å²) in [5.74, 6) is -2.44. The molecule has 0 bridgehead atoms. The molecule has 0 atom stereocenters. The molecule has 1 aliphatic heterocycles. The zero-order valence-electron chi connectivity index (χ0n) is 13.2. The average molecular weight is 371 g/mol. The molecule has 0 aliphatic carbocycles. The number of carboxylic acids is 1. The molecule has 9 nitrogen and oxygen atoms in total. The van der Waals surface area contributed by atoms with E-state index < -0.39 is 17.8 Å². The van der Waals surface area contributed by atoms with Crippen molar-refractivity contribution in [3.05, 3.63) is 58.9 Å². The molecule has 26 heavy (non-hydrogen) atoms. The number of hydrogen-bond acceptors (Lipinski definition) is 6. The molecule has 3 rings (SSSR count). The van der Waals surface area contributed by atoms with E-state index in [9.17, 15) is 14.4 Å². The molecule has 1 aliphatic rings. The number of nitrogens with two attached hydrogens (primary N) is 1. The molecular weight excluding hydrogens is 358 g/mol. The summed E-state index contributed by atoms with van der Waals surface area (Å²) in [4.78, 5) is 47.0. The Labute approximate surface area is 151 Å². The maximum Gasteiger partial charge on any atom is 0.329 e. The van der Waals surface area contributed by atoms with E-state index in [2.05, 4.69) is 15.0 Å². The number of nitrogens with zero attached hydrogens (tertiary/aromatic N) is 3. The Balaban J connectivity index is 2.00. The summed E-state index contributed by atoms with van der Waals surface area (Å²) in [5.41, 5.74) is 6.09. The third kappa shape index (κ3) is 3.64. The summed E-state index contributed by atoms with van der Waals surface area (Å²) in [5, 5.41) is 9.16. The average Bonchev–Trinajstić information content (AvgIpc) is 3.16. The van der Waals surface area contributed by atoms with Gasteiger partial charge in [0.05, 0.1) is 17.8 Å². The molecule has 0 spiro atoms. The van der Waals surface area contributed by atoms with Gasteiger partial charge in [0, 0.05) is 6.08 Å². The number of carbonyl (C=O) groups excluding carboxylic acids is 2. The minimum atomic E-state index is -1.24. The predicted molar refractivity (Wildman–Crippen MR) is 94.5 cm³/mol. The highest BCUT2D eigenvalue weighted by molar-refractivity contribution is 8.18. The zero-order chi connectivity index (χ0) is 18.7. The van der Waals surface area contributed by atoms with Gasteiger partial charge in [-0.05, 0) is 17.3 Å². The number of hydrogen-bond donors (Lipinski definition) is 3. The number of nitrogens with one attached hydrogen (secondary N) is 1. The van der Waals surface area contributed by atoms with Crippen LogP contribution in [0.4, 0.5) is 5.82 Å². The molecule has 1 aromatic carbocycles. The SMILES string of the molecule is NC(=O)c1[nH]cnc1N=C1SC(=CC(=O)O)C(=O)N1Cc1ccccc1. The van der Waals surface area contributed by atoms with Crippen LogP contribution in [-0.2, 0) is 16.1 Å². The number of amides is 2. The van der Waals surface area contributed by atoms with Gasteiger partial charge < -0.3 is 15.8 Å². The van der Waals surface area contributed by atoms with Gasteiger partial charge in [-0.3, -0.25) is 14.5 Å².